The van der Waals surface area contributed by atoms with Gasteiger partial charge in [0, 0.05) is 0 Å². The van der Waals surface area contributed by atoms with Gasteiger partial charge >= 0.3 is 22.4 Å². The molecule has 0 heterocycles. The Bertz CT molecular complexity index is 79.3. The van der Waals surface area contributed by atoms with E-state index in [1.165, 1.54) is 25.7 Å². The first-order valence-corrected chi connectivity index (χ1v) is 8.09. The topological polar surface area (TPSA) is 141 Å². The van der Waals surface area contributed by atoms with Gasteiger partial charge in [-0.3, -0.25) is 0 Å². The maximum absolute atomic E-state index is 8.93. The van der Waals surface area contributed by atoms with Crippen molar-refractivity contribution in [3.63, 3.8) is 0 Å². The first kappa shape index (κ1) is 43.7. The second-order valence-electron chi connectivity index (χ2n) is 3.29. The van der Waals surface area contributed by atoms with Crippen molar-refractivity contribution in [2.24, 2.45) is 5.73 Å². The van der Waals surface area contributed by atoms with Crippen molar-refractivity contribution in [1.29, 1.82) is 0 Å². The van der Waals surface area contributed by atoms with Crippen LogP contribution in [-0.4, -0.2) is 39.6 Å². The minimum atomic E-state index is 0. The smallest absolute Gasteiger partial charge is 0.855 e. The molecule has 0 aromatic rings. The molecule has 0 aromatic carbocycles. The average molecular weight is 507 g/mol. The zero-order valence-corrected chi connectivity index (χ0v) is 19.4. The molecule has 0 aliphatic carbocycles. The molecule has 0 aromatic heterocycles. The summed E-state index contributed by atoms with van der Waals surface area (Å²) in [5.41, 5.74) is 5.27. The fourth-order valence-corrected chi connectivity index (χ4v) is 0.571. The van der Waals surface area contributed by atoms with E-state index in [1.807, 2.05) is 0 Å². The Balaban J connectivity index is -0.0000000280. The van der Waals surface area contributed by atoms with E-state index in [-0.39, 0.29) is 55.4 Å². The second kappa shape index (κ2) is 94.3. The van der Waals surface area contributed by atoms with Crippen LogP contribution in [0.4, 0.5) is 0 Å². The van der Waals surface area contributed by atoms with E-state index in [4.69, 9.17) is 31.3 Å². The molecule has 23 heavy (non-hydrogen) atoms. The van der Waals surface area contributed by atoms with Crippen LogP contribution in [0, 0.1) is 0 Å². The molecule has 0 spiro atoms. The van der Waals surface area contributed by atoms with E-state index in [2.05, 4.69) is 6.92 Å². The van der Waals surface area contributed by atoms with E-state index in [0.717, 1.165) is 6.54 Å². The van der Waals surface area contributed by atoms with Crippen LogP contribution in [0.1, 0.15) is 67.2 Å². The molecule has 0 saturated heterocycles. The quantitative estimate of drug-likeness (QED) is 0.453. The maximum Gasteiger partial charge on any atom is 5.00 e. The van der Waals surface area contributed by atoms with Crippen molar-refractivity contribution in [3.8, 4) is 0 Å². The van der Waals surface area contributed by atoms with Crippen LogP contribution in [-0.2, 0) is 22.4 Å². The number of rotatable bonds is 4. The molecule has 144 valence electrons. The predicted molar refractivity (Wildman–Crippen MR) is 85.9 cm³/mol. The molecular formula is C16H40NO5Ta. The molecule has 0 aliphatic heterocycles. The fourth-order valence-electron chi connectivity index (χ4n) is 0.571. The van der Waals surface area contributed by atoms with E-state index in [9.17, 15) is 0 Å². The second-order valence-corrected chi connectivity index (χ2v) is 3.29. The van der Waals surface area contributed by atoms with Gasteiger partial charge in [-0.25, -0.2) is 0 Å². The van der Waals surface area contributed by atoms with Gasteiger partial charge in [0.2, 0.25) is 0 Å². The van der Waals surface area contributed by atoms with Gasteiger partial charge < -0.3 is 31.3 Å². The molecule has 0 radical (unpaired) electrons. The molecule has 0 fully saturated rings. The number of hydrogen-bond donors (Lipinski definition) is 1. The minimum absolute atomic E-state index is 0. The largest absolute Gasteiger partial charge is 5.00 e. The summed E-state index contributed by atoms with van der Waals surface area (Å²) in [5, 5.41) is 44.7. The number of unbranched alkanes of at least 4 members (excludes halogenated alkanes) is 3. The third kappa shape index (κ3) is 467. The average Bonchev–Trinajstić information content (AvgIpc) is 2.44. The van der Waals surface area contributed by atoms with Crippen LogP contribution in [0.2, 0.25) is 0 Å². The first-order valence-electron chi connectivity index (χ1n) is 8.09. The zero-order chi connectivity index (χ0) is 19.1. The van der Waals surface area contributed by atoms with Crippen molar-refractivity contribution in [2.45, 2.75) is 67.2 Å². The molecule has 0 amide bonds. The molecule has 0 rings (SSSR count). The predicted octanol–water partition coefficient (Wildman–Crippen LogP) is -1.64. The Kier molecular flexibility index (Phi) is 179. The number of hydrogen-bond acceptors (Lipinski definition) is 6. The van der Waals surface area contributed by atoms with Crippen molar-refractivity contribution in [1.82, 2.24) is 0 Å². The van der Waals surface area contributed by atoms with Crippen molar-refractivity contribution in [2.75, 3.05) is 39.6 Å². The normalized spacial score (nSPS) is 6.78. The Hall–Kier alpha value is 0.500. The van der Waals surface area contributed by atoms with Crippen LogP contribution in [0.5, 0.6) is 0 Å². The summed E-state index contributed by atoms with van der Waals surface area (Å²) in [6.07, 6.45) is 5.16. The maximum atomic E-state index is 8.93. The van der Waals surface area contributed by atoms with Gasteiger partial charge in [-0.05, 0) is 13.0 Å². The fraction of sp³-hybridized carbons (Fsp3) is 1.00. The molecule has 0 atom stereocenters. The Labute approximate surface area is 160 Å². The Morgan fingerprint density at radius 3 is 0.870 bits per heavy atom. The third-order valence-electron chi connectivity index (χ3n) is 1.06. The SMILES string of the molecule is CCCCCCN.CC[O-].CC[O-].CC[O-].CC[O-].CC[O-].[Ta+5]. The summed E-state index contributed by atoms with van der Waals surface area (Å²) < 4.78 is 0. The van der Waals surface area contributed by atoms with Gasteiger partial charge in [-0.2, -0.15) is 0 Å². The van der Waals surface area contributed by atoms with Gasteiger partial charge in [-0.15, -0.1) is 33.0 Å². The molecule has 2 N–H and O–H groups in total. The third-order valence-corrected chi connectivity index (χ3v) is 1.06. The van der Waals surface area contributed by atoms with Crippen molar-refractivity contribution < 1.29 is 47.9 Å². The van der Waals surface area contributed by atoms with E-state index in [0.29, 0.717) is 0 Å². The van der Waals surface area contributed by atoms with Crippen molar-refractivity contribution in [3.05, 3.63) is 0 Å². The van der Waals surface area contributed by atoms with Crippen molar-refractivity contribution >= 4 is 0 Å². The van der Waals surface area contributed by atoms with Crippen LogP contribution in [0.15, 0.2) is 0 Å². The molecule has 6 nitrogen and oxygen atoms in total. The first-order chi connectivity index (χ1) is 10.5. The van der Waals surface area contributed by atoms with Gasteiger partial charge in [0.05, 0.1) is 0 Å². The molecule has 7 heteroatoms. The summed E-state index contributed by atoms with van der Waals surface area (Å²) in [5.74, 6) is 0. The van der Waals surface area contributed by atoms with E-state index in [1.54, 1.807) is 34.6 Å². The van der Waals surface area contributed by atoms with Gasteiger partial charge in [0.1, 0.15) is 0 Å². The summed E-state index contributed by atoms with van der Waals surface area (Å²) in [6.45, 7) is 10.9. The van der Waals surface area contributed by atoms with Gasteiger partial charge in [-0.1, -0.05) is 60.8 Å². The summed E-state index contributed by atoms with van der Waals surface area (Å²) >= 11 is 0. The van der Waals surface area contributed by atoms with Crippen LogP contribution >= 0.6 is 0 Å². The standard InChI is InChI=1S/C6H15N.5C2H5O.Ta/c1-2-3-4-5-6-7;5*1-2-3;/h2-7H2,1H3;5*2H2,1H3;/q;5*-1;+5. The van der Waals surface area contributed by atoms with Gasteiger partial charge in [0.15, 0.2) is 0 Å². The summed E-state index contributed by atoms with van der Waals surface area (Å²) in [4.78, 5) is 0. The molecule has 0 saturated carbocycles. The monoisotopic (exact) mass is 507 g/mol. The van der Waals surface area contributed by atoms with E-state index >= 15 is 0 Å². The molecule has 0 unspecified atom stereocenters. The van der Waals surface area contributed by atoms with E-state index < -0.39 is 0 Å². The summed E-state index contributed by atoms with van der Waals surface area (Å²) in [6, 6.07) is 0. The molecular weight excluding hydrogens is 467 g/mol. The van der Waals surface area contributed by atoms with Crippen LogP contribution in [0.25, 0.3) is 0 Å². The molecule has 0 aliphatic rings. The van der Waals surface area contributed by atoms with Gasteiger partial charge in [0.25, 0.3) is 0 Å². The molecule has 0 bridgehead atoms. The minimum Gasteiger partial charge on any atom is -0.855 e. The number of nitrogens with two attached hydrogens (primary N) is 1. The van der Waals surface area contributed by atoms with Crippen LogP contribution in [0.3, 0.4) is 0 Å². The zero-order valence-electron chi connectivity index (χ0n) is 16.1. The summed E-state index contributed by atoms with van der Waals surface area (Å²) in [7, 11) is 0. The Morgan fingerprint density at radius 1 is 0.522 bits per heavy atom. The van der Waals surface area contributed by atoms with Crippen LogP contribution < -0.4 is 31.3 Å². The Morgan fingerprint density at radius 2 is 0.739 bits per heavy atom.